The molecule has 5 atom stereocenters. The largest absolute Gasteiger partial charge is 0.493 e. The topological polar surface area (TPSA) is 165 Å². The van der Waals surface area contributed by atoms with Crippen molar-refractivity contribution in [1.82, 2.24) is 0 Å². The first-order valence-corrected chi connectivity index (χ1v) is 14.2. The second kappa shape index (κ2) is 15.9. The molecular weight excluding hydrogens is 524 g/mol. The van der Waals surface area contributed by atoms with Gasteiger partial charge in [-0.05, 0) is 18.6 Å². The fourth-order valence-electron chi connectivity index (χ4n) is 4.63. The third-order valence-electron chi connectivity index (χ3n) is 6.89. The molecule has 11 nitrogen and oxygen atoms in total. The van der Waals surface area contributed by atoms with Gasteiger partial charge in [0.1, 0.15) is 35.7 Å². The van der Waals surface area contributed by atoms with Crippen molar-refractivity contribution < 1.29 is 48.6 Å². The van der Waals surface area contributed by atoms with E-state index in [0.29, 0.717) is 12.4 Å². The average Bonchev–Trinajstić information content (AvgIpc) is 2.93. The van der Waals surface area contributed by atoms with Crippen LogP contribution in [-0.2, 0) is 9.53 Å². The number of ether oxygens (including phenoxy) is 4. The lowest BCUT2D eigenvalue weighted by Gasteiger charge is -2.39. The number of hydrogen-bond donors (Lipinski definition) is 4. The van der Waals surface area contributed by atoms with Gasteiger partial charge >= 0.3 is 11.6 Å². The van der Waals surface area contributed by atoms with E-state index >= 15 is 0 Å². The maximum Gasteiger partial charge on any atom is 0.383 e. The van der Waals surface area contributed by atoms with Crippen molar-refractivity contribution in [2.75, 3.05) is 13.2 Å². The highest BCUT2D eigenvalue weighted by molar-refractivity contribution is 5.87. The van der Waals surface area contributed by atoms with Crippen LogP contribution in [0.3, 0.4) is 0 Å². The van der Waals surface area contributed by atoms with Crippen LogP contribution in [0.5, 0.6) is 17.2 Å². The van der Waals surface area contributed by atoms with Gasteiger partial charge in [-0.25, -0.2) is 4.79 Å². The highest BCUT2D eigenvalue weighted by Gasteiger charge is 2.45. The Balaban J connectivity index is 1.67. The van der Waals surface area contributed by atoms with E-state index in [4.69, 9.17) is 23.4 Å². The molecule has 224 valence electrons. The Kier molecular flexibility index (Phi) is 12.7. The van der Waals surface area contributed by atoms with Crippen molar-refractivity contribution in [3.8, 4) is 17.2 Å². The first-order chi connectivity index (χ1) is 19.3. The van der Waals surface area contributed by atoms with E-state index in [0.717, 1.165) is 26.2 Å². The van der Waals surface area contributed by atoms with E-state index in [9.17, 15) is 30.0 Å². The predicted molar refractivity (Wildman–Crippen MR) is 146 cm³/mol. The molecule has 0 spiro atoms. The lowest BCUT2D eigenvalue weighted by Crippen LogP contribution is -2.60. The molecule has 3 rings (SSSR count). The van der Waals surface area contributed by atoms with Crippen LogP contribution in [0.25, 0.3) is 11.0 Å². The molecule has 40 heavy (non-hydrogen) atoms. The number of unbranched alkanes of at least 4 members (excludes halogenated alkanes) is 9. The van der Waals surface area contributed by atoms with Crippen LogP contribution in [0.15, 0.2) is 27.4 Å². The van der Waals surface area contributed by atoms with Gasteiger partial charge in [0, 0.05) is 13.0 Å². The maximum absolute atomic E-state index is 12.7. The monoisotopic (exact) mass is 566 g/mol. The molecule has 1 aliphatic rings. The van der Waals surface area contributed by atoms with Gasteiger partial charge in [0.05, 0.1) is 18.6 Å². The number of aliphatic hydroxyl groups is 4. The zero-order valence-electron chi connectivity index (χ0n) is 23.3. The minimum atomic E-state index is -1.74. The first kappa shape index (κ1) is 31.8. The number of carbonyl (C=O) groups is 1. The van der Waals surface area contributed by atoms with Gasteiger partial charge in [-0.3, -0.25) is 4.79 Å². The van der Waals surface area contributed by atoms with E-state index in [2.05, 4.69) is 6.92 Å². The Bertz CT molecular complexity index is 1130. The lowest BCUT2D eigenvalue weighted by molar-refractivity contribution is -0.277. The second-order valence-corrected chi connectivity index (χ2v) is 10.1. The van der Waals surface area contributed by atoms with E-state index in [1.54, 1.807) is 12.1 Å². The zero-order chi connectivity index (χ0) is 29.1. The molecule has 1 aromatic heterocycles. The van der Waals surface area contributed by atoms with Crippen molar-refractivity contribution in [3.05, 3.63) is 28.6 Å². The summed E-state index contributed by atoms with van der Waals surface area (Å²) in [7, 11) is 0. The number of rotatable bonds is 16. The van der Waals surface area contributed by atoms with Crippen molar-refractivity contribution in [2.45, 2.75) is 109 Å². The predicted octanol–water partition coefficient (Wildman–Crippen LogP) is 3.20. The summed E-state index contributed by atoms with van der Waals surface area (Å²) in [5, 5.41) is 40.2. The molecule has 2 aromatic rings. The summed E-state index contributed by atoms with van der Waals surface area (Å²) >= 11 is 0. The van der Waals surface area contributed by atoms with Crippen LogP contribution >= 0.6 is 0 Å². The summed E-state index contributed by atoms with van der Waals surface area (Å²) in [6.07, 6.45) is 4.18. The van der Waals surface area contributed by atoms with Gasteiger partial charge in [-0.2, -0.15) is 0 Å². The number of benzene rings is 1. The number of hydrogen-bond acceptors (Lipinski definition) is 11. The van der Waals surface area contributed by atoms with E-state index in [1.807, 2.05) is 0 Å². The molecule has 0 radical (unpaired) electrons. The lowest BCUT2D eigenvalue weighted by atomic mass is 9.99. The third kappa shape index (κ3) is 8.65. The Morgan fingerprint density at radius 1 is 0.900 bits per heavy atom. The standard InChI is InChI=1S/C29H42O11/c1-3-4-5-6-7-8-9-10-11-12-15-36-19-13-14-20-21(16-19)38-28(35)27(37-18(2)31)26(20)40-29-25(34)24(33)23(32)22(17-30)39-29/h13-14,16,22-25,29-30,32-34H,3-12,15,17H2,1-2H3/t22-,23-,24+,25-,29+/m1/s1. The molecular formula is C29H42O11. The fraction of sp³-hybridized carbons (Fsp3) is 0.655. The summed E-state index contributed by atoms with van der Waals surface area (Å²) in [5.41, 5.74) is -0.949. The minimum absolute atomic E-state index is 0.0704. The van der Waals surface area contributed by atoms with Crippen LogP contribution < -0.4 is 19.8 Å². The van der Waals surface area contributed by atoms with Crippen molar-refractivity contribution in [3.63, 3.8) is 0 Å². The summed E-state index contributed by atoms with van der Waals surface area (Å²) < 4.78 is 27.4. The minimum Gasteiger partial charge on any atom is -0.493 e. The normalized spacial score (nSPS) is 22.8. The van der Waals surface area contributed by atoms with Gasteiger partial charge in [0.15, 0.2) is 5.75 Å². The molecule has 0 bridgehead atoms. The maximum atomic E-state index is 12.7. The molecule has 0 saturated carbocycles. The van der Waals surface area contributed by atoms with Gasteiger partial charge in [-0.1, -0.05) is 64.7 Å². The summed E-state index contributed by atoms with van der Waals surface area (Å²) in [4.78, 5) is 24.4. The Hall–Kier alpha value is -2.70. The SMILES string of the molecule is CCCCCCCCCCCCOc1ccc2c(O[C@@H]3O[C@H](CO)[C@@H](O)[C@H](O)[C@H]3O)c(OC(C)=O)c(=O)oc2c1. The van der Waals surface area contributed by atoms with E-state index < -0.39 is 54.7 Å². The third-order valence-corrected chi connectivity index (χ3v) is 6.89. The van der Waals surface area contributed by atoms with Crippen molar-refractivity contribution in [1.29, 1.82) is 0 Å². The van der Waals surface area contributed by atoms with Gasteiger partial charge in [0.2, 0.25) is 6.29 Å². The quantitative estimate of drug-likeness (QED) is 0.134. The molecule has 1 aromatic carbocycles. The molecule has 11 heteroatoms. The first-order valence-electron chi connectivity index (χ1n) is 14.2. The van der Waals surface area contributed by atoms with Crippen molar-refractivity contribution >= 4 is 16.9 Å². The molecule has 2 heterocycles. The Morgan fingerprint density at radius 2 is 1.55 bits per heavy atom. The molecule has 0 aliphatic carbocycles. The number of fused-ring (bicyclic) bond motifs is 1. The summed E-state index contributed by atoms with van der Waals surface area (Å²) in [5.74, 6) is -1.20. The van der Waals surface area contributed by atoms with E-state index in [1.165, 1.54) is 51.0 Å². The summed E-state index contributed by atoms with van der Waals surface area (Å²) in [6, 6.07) is 4.68. The van der Waals surface area contributed by atoms with Crippen LogP contribution in [0.2, 0.25) is 0 Å². The van der Waals surface area contributed by atoms with Gasteiger partial charge in [0.25, 0.3) is 5.75 Å². The zero-order valence-corrected chi connectivity index (χ0v) is 23.3. The Labute approximate surface area is 233 Å². The highest BCUT2D eigenvalue weighted by Crippen LogP contribution is 2.37. The van der Waals surface area contributed by atoms with E-state index in [-0.39, 0.29) is 16.7 Å². The van der Waals surface area contributed by atoms with Crippen LogP contribution in [0.1, 0.15) is 78.1 Å². The van der Waals surface area contributed by atoms with Gasteiger partial charge < -0.3 is 43.8 Å². The molecule has 0 amide bonds. The Morgan fingerprint density at radius 3 is 2.17 bits per heavy atom. The molecule has 1 fully saturated rings. The highest BCUT2D eigenvalue weighted by atomic mass is 16.7. The summed E-state index contributed by atoms with van der Waals surface area (Å²) in [6.45, 7) is 3.13. The van der Waals surface area contributed by atoms with Crippen LogP contribution in [0.4, 0.5) is 0 Å². The average molecular weight is 567 g/mol. The molecule has 1 saturated heterocycles. The molecule has 0 unspecified atom stereocenters. The smallest absolute Gasteiger partial charge is 0.383 e. The van der Waals surface area contributed by atoms with Crippen LogP contribution in [0, 0.1) is 0 Å². The number of aliphatic hydroxyl groups excluding tert-OH is 4. The molecule has 4 N–H and O–H groups in total. The number of esters is 1. The molecule has 1 aliphatic heterocycles. The van der Waals surface area contributed by atoms with Crippen molar-refractivity contribution in [2.24, 2.45) is 0 Å². The number of carbonyl (C=O) groups excluding carboxylic acids is 1. The second-order valence-electron chi connectivity index (χ2n) is 10.1. The fourth-order valence-corrected chi connectivity index (χ4v) is 4.63. The van der Waals surface area contributed by atoms with Gasteiger partial charge in [-0.15, -0.1) is 0 Å². The van der Waals surface area contributed by atoms with Crippen LogP contribution in [-0.4, -0.2) is 70.3 Å².